The minimum absolute atomic E-state index is 0. The minimum atomic E-state index is 0. The van der Waals surface area contributed by atoms with Crippen molar-refractivity contribution in [1.82, 2.24) is 0 Å². The fourth-order valence-corrected chi connectivity index (χ4v) is 0. The number of hydrogen-bond donors (Lipinski definition) is 0. The van der Waals surface area contributed by atoms with Crippen LogP contribution in [-0.2, 0) is 40.3 Å². The van der Waals surface area contributed by atoms with E-state index in [0.717, 1.165) is 5.75 Å². The molecule has 0 rings (SSSR count). The maximum absolute atomic E-state index is 4.39. The predicted molar refractivity (Wildman–Crippen MR) is 28.9 cm³/mol. The van der Waals surface area contributed by atoms with Gasteiger partial charge >= 0.3 is 27.7 Å². The molecule has 0 aromatic carbocycles. The fraction of sp³-hybridized carbons (Fsp3) is 0.750. The van der Waals surface area contributed by atoms with E-state index in [1.54, 1.807) is 6.92 Å². The van der Waals surface area contributed by atoms with Crippen LogP contribution < -0.4 is 0 Å². The van der Waals surface area contributed by atoms with Crippen LogP contribution in [0.25, 0.3) is 0 Å². The molecule has 6 heavy (non-hydrogen) atoms. The predicted octanol–water partition coefficient (Wildman–Crippen LogP) is 1.39. The monoisotopic (exact) mass is 292 g/mol. The van der Waals surface area contributed by atoms with Crippen LogP contribution in [0.15, 0.2) is 0 Å². The van der Waals surface area contributed by atoms with Crippen molar-refractivity contribution >= 4 is 12.6 Å². The third kappa shape index (κ3) is 58.8. The molecule has 0 heterocycles. The Kier molecular flexibility index (Phi) is 87.8. The van der Waals surface area contributed by atoms with Crippen molar-refractivity contribution in [2.45, 2.75) is 13.8 Å². The van der Waals surface area contributed by atoms with Gasteiger partial charge in [0, 0.05) is 0 Å². The topological polar surface area (TPSA) is 0 Å². The average Bonchev–Trinajstić information content (AvgIpc) is 1.46. The second-order valence-electron chi connectivity index (χ2n) is 0.289. The van der Waals surface area contributed by atoms with E-state index >= 15 is 0 Å². The third-order valence-electron chi connectivity index (χ3n) is 0. The van der Waals surface area contributed by atoms with E-state index in [1.165, 1.54) is 0 Å². The molecule has 0 N–H and O–H groups in total. The standard InChI is InChI=1S/C2H6S.C2H5.Hg/c1-2-3;1-2;/h3H,2H2,1H3;1H2,2H3;/q;;+1/p-1. The molecule has 0 fully saturated rings. The van der Waals surface area contributed by atoms with Crippen LogP contribution in [0, 0.1) is 6.92 Å². The molecule has 0 amide bonds. The zero-order valence-corrected chi connectivity index (χ0v) is 10.8. The molecular weight excluding hydrogens is 281 g/mol. The summed E-state index contributed by atoms with van der Waals surface area (Å²) in [6, 6.07) is 0. The first kappa shape index (κ1) is 15.7. The number of rotatable bonds is 0. The van der Waals surface area contributed by atoms with Gasteiger partial charge in [0.1, 0.15) is 0 Å². The van der Waals surface area contributed by atoms with Crippen LogP contribution in [0.4, 0.5) is 0 Å². The summed E-state index contributed by atoms with van der Waals surface area (Å²) in [7, 11) is 0. The van der Waals surface area contributed by atoms with Crippen LogP contribution >= 0.6 is 0 Å². The Morgan fingerprint density at radius 1 is 1.50 bits per heavy atom. The molecule has 0 atom stereocenters. The van der Waals surface area contributed by atoms with Gasteiger partial charge in [0.25, 0.3) is 0 Å². The molecule has 2 radical (unpaired) electrons. The van der Waals surface area contributed by atoms with Gasteiger partial charge in [0.2, 0.25) is 0 Å². The zero-order chi connectivity index (χ0) is 4.71. The summed E-state index contributed by atoms with van der Waals surface area (Å²) in [5.41, 5.74) is 0. The van der Waals surface area contributed by atoms with Gasteiger partial charge in [-0.3, -0.25) is 0 Å². The van der Waals surface area contributed by atoms with Crippen molar-refractivity contribution in [3.05, 3.63) is 6.92 Å². The summed E-state index contributed by atoms with van der Waals surface area (Å²) in [6.45, 7) is 6.94. The van der Waals surface area contributed by atoms with E-state index in [9.17, 15) is 0 Å². The molecule has 0 saturated heterocycles. The molecule has 0 aliphatic rings. The van der Waals surface area contributed by atoms with Crippen molar-refractivity contribution < 1.29 is 27.7 Å². The Morgan fingerprint density at radius 3 is 1.50 bits per heavy atom. The van der Waals surface area contributed by atoms with Gasteiger partial charge in [-0.05, 0) is 0 Å². The summed E-state index contributed by atoms with van der Waals surface area (Å²) in [6.07, 6.45) is 0. The minimum Gasteiger partial charge on any atom is -0.793 e. The van der Waals surface area contributed by atoms with Crippen LogP contribution in [0.2, 0.25) is 0 Å². The van der Waals surface area contributed by atoms with E-state index < -0.39 is 0 Å². The SMILES string of the molecule is CC[S-].[CH2]C.[Hg+]. The Labute approximate surface area is 66.6 Å². The van der Waals surface area contributed by atoms with Gasteiger partial charge in [-0.25, -0.2) is 0 Å². The largest absolute Gasteiger partial charge is 1.00 e. The third-order valence-corrected chi connectivity index (χ3v) is 0. The van der Waals surface area contributed by atoms with E-state index in [4.69, 9.17) is 0 Å². The smallest absolute Gasteiger partial charge is 0.793 e. The molecule has 34 valence electrons. The summed E-state index contributed by atoms with van der Waals surface area (Å²) in [4.78, 5) is 0. The molecule has 0 unspecified atom stereocenters. The Bertz CT molecular complexity index is 7.51. The first-order chi connectivity index (χ1) is 2.41. The van der Waals surface area contributed by atoms with E-state index in [0.29, 0.717) is 0 Å². The normalized spacial score (nSPS) is 4.00. The molecule has 0 saturated carbocycles. The Balaban J connectivity index is -0.0000000275. The second-order valence-corrected chi connectivity index (χ2v) is 0.866. The maximum atomic E-state index is 4.39. The van der Waals surface area contributed by atoms with E-state index in [2.05, 4.69) is 19.6 Å². The van der Waals surface area contributed by atoms with Gasteiger partial charge < -0.3 is 12.6 Å². The van der Waals surface area contributed by atoms with Gasteiger partial charge in [-0.2, -0.15) is 5.75 Å². The van der Waals surface area contributed by atoms with Gasteiger partial charge in [-0.15, -0.1) is 0 Å². The van der Waals surface area contributed by atoms with Crippen LogP contribution in [0.5, 0.6) is 0 Å². The summed E-state index contributed by atoms with van der Waals surface area (Å²) in [5, 5.41) is 0. The molecule has 0 aromatic rings. The Morgan fingerprint density at radius 2 is 1.50 bits per heavy atom. The van der Waals surface area contributed by atoms with Crippen LogP contribution in [0.3, 0.4) is 0 Å². The molecule has 0 aliphatic carbocycles. The summed E-state index contributed by atoms with van der Waals surface area (Å²) >= 11 is 4.39. The zero-order valence-electron chi connectivity index (χ0n) is 4.53. The molecule has 0 bridgehead atoms. The maximum Gasteiger partial charge on any atom is 1.00 e. The molecule has 0 aliphatic heterocycles. The van der Waals surface area contributed by atoms with Gasteiger partial charge in [-0.1, -0.05) is 20.8 Å². The fourth-order valence-electron chi connectivity index (χ4n) is 0. The quantitative estimate of drug-likeness (QED) is 0.480. The molecule has 0 nitrogen and oxygen atoms in total. The van der Waals surface area contributed by atoms with Crippen molar-refractivity contribution in [3.8, 4) is 0 Å². The molecule has 0 aromatic heterocycles. The van der Waals surface area contributed by atoms with Crippen molar-refractivity contribution in [1.29, 1.82) is 0 Å². The Hall–Kier alpha value is 1.29. The van der Waals surface area contributed by atoms with Crippen LogP contribution in [0.1, 0.15) is 13.8 Å². The summed E-state index contributed by atoms with van der Waals surface area (Å²) < 4.78 is 0. The molecular formula is C4H10HgS. The average molecular weight is 291 g/mol. The van der Waals surface area contributed by atoms with E-state index in [-0.39, 0.29) is 27.7 Å². The number of hydrogen-bond acceptors (Lipinski definition) is 1. The van der Waals surface area contributed by atoms with E-state index in [1.807, 2.05) is 6.92 Å². The second kappa shape index (κ2) is 33.6. The van der Waals surface area contributed by atoms with Gasteiger partial charge in [0.15, 0.2) is 0 Å². The van der Waals surface area contributed by atoms with Crippen LogP contribution in [-0.4, -0.2) is 5.75 Å². The molecule has 2 heteroatoms. The van der Waals surface area contributed by atoms with Crippen molar-refractivity contribution in [2.24, 2.45) is 0 Å². The van der Waals surface area contributed by atoms with Crippen molar-refractivity contribution in [2.75, 3.05) is 5.75 Å². The van der Waals surface area contributed by atoms with Crippen molar-refractivity contribution in [3.63, 3.8) is 0 Å². The first-order valence-corrected chi connectivity index (χ1v) is 2.28. The summed E-state index contributed by atoms with van der Waals surface area (Å²) in [5.74, 6) is 0.833. The molecule has 0 spiro atoms. The first-order valence-electron chi connectivity index (χ1n) is 1.70. The van der Waals surface area contributed by atoms with Gasteiger partial charge in [0.05, 0.1) is 0 Å².